The van der Waals surface area contributed by atoms with Gasteiger partial charge >= 0.3 is 0 Å². The molecule has 82 valence electrons. The van der Waals surface area contributed by atoms with E-state index in [4.69, 9.17) is 10.5 Å². The van der Waals surface area contributed by atoms with Gasteiger partial charge in [-0.3, -0.25) is 0 Å². The van der Waals surface area contributed by atoms with Crippen LogP contribution in [0.4, 0.5) is 11.4 Å². The summed E-state index contributed by atoms with van der Waals surface area (Å²) >= 11 is 0. The third-order valence-electron chi connectivity index (χ3n) is 2.73. The number of rotatable bonds is 5. The van der Waals surface area contributed by atoms with Crippen molar-refractivity contribution in [2.45, 2.75) is 18.9 Å². The molecule has 1 aromatic carbocycles. The Hall–Kier alpha value is -1.22. The minimum absolute atomic E-state index is 0.696. The summed E-state index contributed by atoms with van der Waals surface area (Å²) < 4.78 is 5.13. The zero-order valence-corrected chi connectivity index (χ0v) is 9.15. The van der Waals surface area contributed by atoms with Gasteiger partial charge in [0.2, 0.25) is 0 Å². The molecule has 0 atom stereocenters. The molecule has 1 saturated carbocycles. The second kappa shape index (κ2) is 4.53. The summed E-state index contributed by atoms with van der Waals surface area (Å²) in [7, 11) is 1.74. The van der Waals surface area contributed by atoms with Crippen molar-refractivity contribution in [1.29, 1.82) is 0 Å². The predicted molar refractivity (Wildman–Crippen MR) is 63.1 cm³/mol. The Balaban J connectivity index is 2.09. The van der Waals surface area contributed by atoms with Gasteiger partial charge in [0.05, 0.1) is 6.61 Å². The molecule has 0 radical (unpaired) electrons. The molecule has 0 bridgehead atoms. The lowest BCUT2D eigenvalue weighted by molar-refractivity contribution is 0.205. The SMILES string of the molecule is COCCN(c1cccc(N)c1)C1CC1. The van der Waals surface area contributed by atoms with E-state index >= 15 is 0 Å². The van der Waals surface area contributed by atoms with Crippen LogP contribution in [-0.2, 0) is 4.74 Å². The molecular weight excluding hydrogens is 188 g/mol. The summed E-state index contributed by atoms with van der Waals surface area (Å²) in [6.07, 6.45) is 2.58. The molecular formula is C12H18N2O. The van der Waals surface area contributed by atoms with Crippen LogP contribution >= 0.6 is 0 Å². The highest BCUT2D eigenvalue weighted by Crippen LogP contribution is 2.31. The van der Waals surface area contributed by atoms with Crippen LogP contribution in [-0.4, -0.2) is 26.3 Å². The minimum Gasteiger partial charge on any atom is -0.399 e. The molecule has 0 aromatic heterocycles. The fourth-order valence-corrected chi connectivity index (χ4v) is 1.80. The molecule has 0 spiro atoms. The Bertz CT molecular complexity index is 323. The second-order valence-electron chi connectivity index (χ2n) is 4.01. The van der Waals surface area contributed by atoms with Gasteiger partial charge in [-0.15, -0.1) is 0 Å². The van der Waals surface area contributed by atoms with E-state index in [1.807, 2.05) is 18.2 Å². The molecule has 1 aromatic rings. The number of hydrogen-bond donors (Lipinski definition) is 1. The van der Waals surface area contributed by atoms with Gasteiger partial charge in [0, 0.05) is 31.1 Å². The van der Waals surface area contributed by atoms with Crippen molar-refractivity contribution >= 4 is 11.4 Å². The third kappa shape index (κ3) is 2.63. The summed E-state index contributed by atoms with van der Waals surface area (Å²) in [6.45, 7) is 1.72. The lowest BCUT2D eigenvalue weighted by atomic mass is 10.2. The maximum atomic E-state index is 5.79. The number of anilines is 2. The van der Waals surface area contributed by atoms with E-state index in [-0.39, 0.29) is 0 Å². The fourth-order valence-electron chi connectivity index (χ4n) is 1.80. The van der Waals surface area contributed by atoms with Crippen molar-refractivity contribution < 1.29 is 4.74 Å². The van der Waals surface area contributed by atoms with Crippen LogP contribution in [0.25, 0.3) is 0 Å². The van der Waals surface area contributed by atoms with Gasteiger partial charge in [0.1, 0.15) is 0 Å². The highest BCUT2D eigenvalue weighted by Gasteiger charge is 2.28. The first kappa shape index (κ1) is 10.3. The minimum atomic E-state index is 0.696. The zero-order chi connectivity index (χ0) is 10.7. The van der Waals surface area contributed by atoms with Crippen LogP contribution in [0.3, 0.4) is 0 Å². The fraction of sp³-hybridized carbons (Fsp3) is 0.500. The molecule has 2 N–H and O–H groups in total. The van der Waals surface area contributed by atoms with Gasteiger partial charge in [0.15, 0.2) is 0 Å². The third-order valence-corrected chi connectivity index (χ3v) is 2.73. The summed E-state index contributed by atoms with van der Waals surface area (Å²) in [5, 5.41) is 0. The molecule has 0 saturated heterocycles. The van der Waals surface area contributed by atoms with Gasteiger partial charge in [-0.05, 0) is 31.0 Å². The van der Waals surface area contributed by atoms with Crippen LogP contribution in [0.5, 0.6) is 0 Å². The van der Waals surface area contributed by atoms with Crippen molar-refractivity contribution in [3.63, 3.8) is 0 Å². The molecule has 0 aliphatic heterocycles. The topological polar surface area (TPSA) is 38.5 Å². The highest BCUT2D eigenvalue weighted by molar-refractivity contribution is 5.57. The average Bonchev–Trinajstić information content (AvgIpc) is 3.03. The van der Waals surface area contributed by atoms with Gasteiger partial charge in [-0.25, -0.2) is 0 Å². The Morgan fingerprint density at radius 3 is 2.87 bits per heavy atom. The van der Waals surface area contributed by atoms with Crippen molar-refractivity contribution in [3.05, 3.63) is 24.3 Å². The Morgan fingerprint density at radius 1 is 1.47 bits per heavy atom. The molecule has 1 aliphatic rings. The Labute approximate surface area is 90.8 Å². The first-order chi connectivity index (χ1) is 7.31. The van der Waals surface area contributed by atoms with Crippen LogP contribution < -0.4 is 10.6 Å². The van der Waals surface area contributed by atoms with E-state index in [1.54, 1.807) is 7.11 Å². The summed E-state index contributed by atoms with van der Waals surface area (Å²) in [5.41, 5.74) is 7.83. The van der Waals surface area contributed by atoms with E-state index in [9.17, 15) is 0 Å². The van der Waals surface area contributed by atoms with Gasteiger partial charge in [-0.1, -0.05) is 6.07 Å². The van der Waals surface area contributed by atoms with Crippen LogP contribution in [0, 0.1) is 0 Å². The zero-order valence-electron chi connectivity index (χ0n) is 9.15. The standard InChI is InChI=1S/C12H18N2O/c1-15-8-7-14(11-5-6-11)12-4-2-3-10(13)9-12/h2-4,9,11H,5-8,13H2,1H3. The lowest BCUT2D eigenvalue weighted by Crippen LogP contribution is -2.29. The normalized spacial score (nSPS) is 15.3. The first-order valence-corrected chi connectivity index (χ1v) is 5.42. The van der Waals surface area contributed by atoms with E-state index in [1.165, 1.54) is 18.5 Å². The number of methoxy groups -OCH3 is 1. The number of benzene rings is 1. The summed E-state index contributed by atoms with van der Waals surface area (Å²) in [6, 6.07) is 8.78. The molecule has 1 fully saturated rings. The van der Waals surface area contributed by atoms with Crippen LogP contribution in [0.15, 0.2) is 24.3 Å². The van der Waals surface area contributed by atoms with Crippen molar-refractivity contribution in [1.82, 2.24) is 0 Å². The second-order valence-corrected chi connectivity index (χ2v) is 4.01. The van der Waals surface area contributed by atoms with Crippen LogP contribution in [0.2, 0.25) is 0 Å². The molecule has 1 aliphatic carbocycles. The van der Waals surface area contributed by atoms with Gasteiger partial charge in [0.25, 0.3) is 0 Å². The van der Waals surface area contributed by atoms with E-state index in [0.29, 0.717) is 6.04 Å². The monoisotopic (exact) mass is 206 g/mol. The van der Waals surface area contributed by atoms with Crippen molar-refractivity contribution in [3.8, 4) is 0 Å². The number of ether oxygens (including phenoxy) is 1. The molecule has 0 unspecified atom stereocenters. The summed E-state index contributed by atoms with van der Waals surface area (Å²) in [4.78, 5) is 2.39. The molecule has 2 rings (SSSR count). The average molecular weight is 206 g/mol. The summed E-state index contributed by atoms with van der Waals surface area (Å²) in [5.74, 6) is 0. The van der Waals surface area contributed by atoms with E-state index in [2.05, 4.69) is 11.0 Å². The predicted octanol–water partition coefficient (Wildman–Crippen LogP) is 1.88. The van der Waals surface area contributed by atoms with E-state index < -0.39 is 0 Å². The quantitative estimate of drug-likeness (QED) is 0.748. The number of nitrogens with two attached hydrogens (primary N) is 1. The molecule has 3 nitrogen and oxygen atoms in total. The Morgan fingerprint density at radius 2 is 2.27 bits per heavy atom. The first-order valence-electron chi connectivity index (χ1n) is 5.42. The number of nitrogens with zero attached hydrogens (tertiary/aromatic N) is 1. The molecule has 0 heterocycles. The Kier molecular flexibility index (Phi) is 3.11. The number of hydrogen-bond acceptors (Lipinski definition) is 3. The van der Waals surface area contributed by atoms with Gasteiger partial charge < -0.3 is 15.4 Å². The van der Waals surface area contributed by atoms with Gasteiger partial charge in [-0.2, -0.15) is 0 Å². The maximum Gasteiger partial charge on any atom is 0.0637 e. The maximum absolute atomic E-state index is 5.79. The largest absolute Gasteiger partial charge is 0.399 e. The smallest absolute Gasteiger partial charge is 0.0637 e. The van der Waals surface area contributed by atoms with Crippen LogP contribution in [0.1, 0.15) is 12.8 Å². The highest BCUT2D eigenvalue weighted by atomic mass is 16.5. The molecule has 0 amide bonds. The number of nitrogen functional groups attached to an aromatic ring is 1. The molecule has 15 heavy (non-hydrogen) atoms. The van der Waals surface area contributed by atoms with Crippen molar-refractivity contribution in [2.24, 2.45) is 0 Å². The lowest BCUT2D eigenvalue weighted by Gasteiger charge is -2.24. The molecule has 3 heteroatoms. The van der Waals surface area contributed by atoms with E-state index in [0.717, 1.165) is 18.8 Å². The van der Waals surface area contributed by atoms with Crippen molar-refractivity contribution in [2.75, 3.05) is 30.9 Å².